The highest BCUT2D eigenvalue weighted by Gasteiger charge is 2.44. The summed E-state index contributed by atoms with van der Waals surface area (Å²) in [5.74, 6) is -0.324. The van der Waals surface area contributed by atoms with Gasteiger partial charge in [0, 0.05) is 43.4 Å². The van der Waals surface area contributed by atoms with Crippen molar-refractivity contribution in [1.29, 1.82) is 0 Å². The number of anilines is 1. The first-order valence-electron chi connectivity index (χ1n) is 10.4. The summed E-state index contributed by atoms with van der Waals surface area (Å²) in [7, 11) is 3.17. The maximum Gasteiger partial charge on any atom is 0.254 e. The number of nitrogens with zero attached hydrogens (tertiary/aromatic N) is 2. The summed E-state index contributed by atoms with van der Waals surface area (Å²) in [5.41, 5.74) is 2.63. The summed E-state index contributed by atoms with van der Waals surface area (Å²) >= 11 is 0. The monoisotopic (exact) mass is 431 g/mol. The molecule has 164 valence electrons. The largest absolute Gasteiger partial charge is 0.497 e. The van der Waals surface area contributed by atoms with Gasteiger partial charge in [0.15, 0.2) is 0 Å². The number of rotatable bonds is 7. The van der Waals surface area contributed by atoms with Crippen molar-refractivity contribution in [2.24, 2.45) is 0 Å². The zero-order valence-electron chi connectivity index (χ0n) is 18.0. The smallest absolute Gasteiger partial charge is 0.254 e. The summed E-state index contributed by atoms with van der Waals surface area (Å²) in [5, 5.41) is 3.01. The van der Waals surface area contributed by atoms with Crippen LogP contribution in [-0.4, -0.2) is 49.1 Å². The molecule has 2 amide bonds. The number of hydrogen-bond donors (Lipinski definition) is 1. The van der Waals surface area contributed by atoms with Crippen LogP contribution in [-0.2, 0) is 9.53 Å². The van der Waals surface area contributed by atoms with E-state index in [2.05, 4.69) is 10.3 Å². The van der Waals surface area contributed by atoms with Gasteiger partial charge in [0.1, 0.15) is 5.75 Å². The van der Waals surface area contributed by atoms with Gasteiger partial charge in [-0.1, -0.05) is 30.3 Å². The molecule has 2 atom stereocenters. The average molecular weight is 431 g/mol. The molecule has 0 aliphatic carbocycles. The van der Waals surface area contributed by atoms with E-state index in [1.807, 2.05) is 48.5 Å². The van der Waals surface area contributed by atoms with Gasteiger partial charge < -0.3 is 19.7 Å². The molecule has 1 aliphatic rings. The highest BCUT2D eigenvalue weighted by molar-refractivity contribution is 6.04. The van der Waals surface area contributed by atoms with Crippen molar-refractivity contribution in [2.45, 2.75) is 12.0 Å². The lowest BCUT2D eigenvalue weighted by Crippen LogP contribution is -2.47. The normalized spacial score (nSPS) is 17.6. The lowest BCUT2D eigenvalue weighted by atomic mass is 9.79. The van der Waals surface area contributed by atoms with Gasteiger partial charge in [-0.2, -0.15) is 0 Å². The number of methoxy groups -OCH3 is 2. The van der Waals surface area contributed by atoms with Crippen molar-refractivity contribution in [3.05, 3.63) is 89.7 Å². The third kappa shape index (κ3) is 4.20. The molecular weight excluding hydrogens is 406 g/mol. The second-order valence-electron chi connectivity index (χ2n) is 7.51. The fourth-order valence-corrected chi connectivity index (χ4v) is 4.15. The van der Waals surface area contributed by atoms with E-state index in [9.17, 15) is 9.59 Å². The van der Waals surface area contributed by atoms with Crippen molar-refractivity contribution >= 4 is 17.5 Å². The van der Waals surface area contributed by atoms with E-state index in [4.69, 9.17) is 9.47 Å². The molecule has 0 saturated carbocycles. The molecule has 32 heavy (non-hydrogen) atoms. The Morgan fingerprint density at radius 1 is 1.09 bits per heavy atom. The highest BCUT2D eigenvalue weighted by Crippen LogP contribution is 2.43. The number of amides is 2. The predicted molar refractivity (Wildman–Crippen MR) is 121 cm³/mol. The van der Waals surface area contributed by atoms with Crippen LogP contribution in [0.5, 0.6) is 5.75 Å². The van der Waals surface area contributed by atoms with Crippen LogP contribution >= 0.6 is 0 Å². The minimum Gasteiger partial charge on any atom is -0.497 e. The molecule has 1 aromatic heterocycles. The fraction of sp³-hybridized carbons (Fsp3) is 0.240. The van der Waals surface area contributed by atoms with E-state index < -0.39 is 12.0 Å². The average Bonchev–Trinajstić information content (AvgIpc) is 2.84. The quantitative estimate of drug-likeness (QED) is 0.618. The molecule has 0 fully saturated rings. The zero-order chi connectivity index (χ0) is 22.5. The summed E-state index contributed by atoms with van der Waals surface area (Å²) in [6.07, 6.45) is 3.38. The summed E-state index contributed by atoms with van der Waals surface area (Å²) in [6.45, 7) is 0.709. The predicted octanol–water partition coefficient (Wildman–Crippen LogP) is 3.66. The third-order valence-electron chi connectivity index (χ3n) is 5.62. The van der Waals surface area contributed by atoms with Gasteiger partial charge >= 0.3 is 0 Å². The highest BCUT2D eigenvalue weighted by atomic mass is 16.5. The molecule has 3 aromatic rings. The second kappa shape index (κ2) is 9.62. The first-order valence-corrected chi connectivity index (χ1v) is 10.4. The van der Waals surface area contributed by atoms with Crippen molar-refractivity contribution in [2.75, 3.05) is 32.7 Å². The lowest BCUT2D eigenvalue weighted by molar-refractivity contribution is -0.119. The summed E-state index contributed by atoms with van der Waals surface area (Å²) < 4.78 is 10.5. The minimum absolute atomic E-state index is 0.128. The Kier molecular flexibility index (Phi) is 6.47. The van der Waals surface area contributed by atoms with Crippen molar-refractivity contribution in [1.82, 2.24) is 9.88 Å². The Labute approximate surface area is 187 Å². The van der Waals surface area contributed by atoms with Crippen LogP contribution in [0.3, 0.4) is 0 Å². The molecule has 1 aliphatic heterocycles. The Morgan fingerprint density at radius 3 is 2.69 bits per heavy atom. The van der Waals surface area contributed by atoms with Gasteiger partial charge in [-0.15, -0.1) is 0 Å². The fourth-order valence-electron chi connectivity index (χ4n) is 4.15. The molecule has 2 heterocycles. The molecule has 7 heteroatoms. The first kappa shape index (κ1) is 21.5. The molecule has 2 aromatic carbocycles. The Bertz CT molecular complexity index is 1100. The maximum atomic E-state index is 13.7. The van der Waals surface area contributed by atoms with Gasteiger partial charge in [-0.3, -0.25) is 14.6 Å². The number of hydrogen-bond acceptors (Lipinski definition) is 5. The number of nitrogens with one attached hydrogen (secondary N) is 1. The van der Waals surface area contributed by atoms with Crippen LogP contribution in [0.2, 0.25) is 0 Å². The molecule has 4 rings (SSSR count). The Morgan fingerprint density at radius 2 is 1.94 bits per heavy atom. The minimum atomic E-state index is -0.629. The van der Waals surface area contributed by atoms with E-state index in [-0.39, 0.29) is 11.8 Å². The van der Waals surface area contributed by atoms with Crippen LogP contribution in [0.1, 0.15) is 33.4 Å². The van der Waals surface area contributed by atoms with Crippen LogP contribution < -0.4 is 10.1 Å². The van der Waals surface area contributed by atoms with Crippen molar-refractivity contribution in [3.63, 3.8) is 0 Å². The van der Waals surface area contributed by atoms with Gasteiger partial charge in [0.2, 0.25) is 5.91 Å². The standard InChI is InChI=1S/C25H25N3O4/c1-31-14-13-28-23(17-7-6-12-26-16-17)22(20-10-3-4-11-21(20)25(28)30)24(29)27-18-8-5-9-19(15-18)32-2/h3-12,15-16,22-23H,13-14H2,1-2H3,(H,27,29). The Balaban J connectivity index is 1.80. The second-order valence-corrected chi connectivity index (χ2v) is 7.51. The van der Waals surface area contributed by atoms with Crippen LogP contribution in [0.15, 0.2) is 73.1 Å². The first-order chi connectivity index (χ1) is 15.6. The summed E-state index contributed by atoms with van der Waals surface area (Å²) in [6, 6.07) is 17.7. The number of ether oxygens (including phenoxy) is 2. The number of aromatic nitrogens is 1. The van der Waals surface area contributed by atoms with Gasteiger partial charge in [-0.05, 0) is 35.4 Å². The van der Waals surface area contributed by atoms with E-state index >= 15 is 0 Å². The van der Waals surface area contributed by atoms with E-state index in [0.29, 0.717) is 35.7 Å². The van der Waals surface area contributed by atoms with Gasteiger partial charge in [0.25, 0.3) is 5.91 Å². The van der Waals surface area contributed by atoms with E-state index in [1.165, 1.54) is 0 Å². The van der Waals surface area contributed by atoms with Crippen molar-refractivity contribution < 1.29 is 19.1 Å². The summed E-state index contributed by atoms with van der Waals surface area (Å²) in [4.78, 5) is 33.1. The molecule has 0 radical (unpaired) electrons. The molecule has 0 spiro atoms. The number of carbonyl (C=O) groups excluding carboxylic acids is 2. The molecule has 7 nitrogen and oxygen atoms in total. The van der Waals surface area contributed by atoms with Crippen molar-refractivity contribution in [3.8, 4) is 5.75 Å². The topological polar surface area (TPSA) is 80.8 Å². The molecule has 0 saturated heterocycles. The number of carbonyl (C=O) groups is 2. The Hall–Kier alpha value is -3.71. The maximum absolute atomic E-state index is 13.7. The van der Waals surface area contributed by atoms with Gasteiger partial charge in [0.05, 0.1) is 25.7 Å². The molecule has 0 bridgehead atoms. The SMILES string of the molecule is COCCN1C(=O)c2ccccc2C(C(=O)Nc2cccc(OC)c2)C1c1cccnc1. The third-order valence-corrected chi connectivity index (χ3v) is 5.62. The number of benzene rings is 2. The van der Waals surface area contributed by atoms with E-state index in [0.717, 1.165) is 5.56 Å². The van der Waals surface area contributed by atoms with Crippen LogP contribution in [0.25, 0.3) is 0 Å². The zero-order valence-corrected chi connectivity index (χ0v) is 18.0. The van der Waals surface area contributed by atoms with E-state index in [1.54, 1.807) is 43.6 Å². The van der Waals surface area contributed by atoms with Crippen LogP contribution in [0.4, 0.5) is 5.69 Å². The molecule has 2 unspecified atom stereocenters. The molecular formula is C25H25N3O4. The lowest BCUT2D eigenvalue weighted by Gasteiger charge is -2.41. The number of fused-ring (bicyclic) bond motifs is 1. The van der Waals surface area contributed by atoms with Gasteiger partial charge in [-0.25, -0.2) is 0 Å². The van der Waals surface area contributed by atoms with Crippen LogP contribution in [0, 0.1) is 0 Å². The molecule has 1 N–H and O–H groups in total. The number of pyridine rings is 1.